The summed E-state index contributed by atoms with van der Waals surface area (Å²) < 4.78 is 16.8. The maximum atomic E-state index is 14.0. The number of benzene rings is 2. The largest absolute Gasteiger partial charge is 0.507 e. The van der Waals surface area contributed by atoms with Gasteiger partial charge in [-0.3, -0.25) is 0 Å². The second-order valence-corrected chi connectivity index (χ2v) is 5.77. The van der Waals surface area contributed by atoms with E-state index in [0.29, 0.717) is 23.4 Å². The molecular formula is C16H14BrFN2O. The summed E-state index contributed by atoms with van der Waals surface area (Å²) in [6.45, 7) is 2.76. The lowest BCUT2D eigenvalue weighted by molar-refractivity contribution is 0.476. The molecule has 1 N–H and O–H groups in total. The van der Waals surface area contributed by atoms with Crippen LogP contribution >= 0.6 is 15.9 Å². The summed E-state index contributed by atoms with van der Waals surface area (Å²) in [6.07, 6.45) is 0.893. The first-order valence-electron chi connectivity index (χ1n) is 6.75. The Balaban J connectivity index is 2.33. The molecule has 5 heteroatoms. The van der Waals surface area contributed by atoms with Gasteiger partial charge in [0.1, 0.15) is 17.1 Å². The molecule has 0 aliphatic carbocycles. The molecule has 0 atom stereocenters. The third-order valence-corrected chi connectivity index (χ3v) is 3.87. The highest BCUT2D eigenvalue weighted by Gasteiger charge is 2.17. The van der Waals surface area contributed by atoms with Crippen molar-refractivity contribution in [2.45, 2.75) is 19.9 Å². The van der Waals surface area contributed by atoms with E-state index < -0.39 is 0 Å². The summed E-state index contributed by atoms with van der Waals surface area (Å²) in [6, 6.07) is 10.1. The summed E-state index contributed by atoms with van der Waals surface area (Å²) in [7, 11) is 0. The molecule has 3 rings (SSSR count). The van der Waals surface area contributed by atoms with Gasteiger partial charge >= 0.3 is 0 Å². The Kier molecular flexibility index (Phi) is 3.68. The molecule has 0 radical (unpaired) electrons. The Morgan fingerprint density at radius 3 is 2.86 bits per heavy atom. The summed E-state index contributed by atoms with van der Waals surface area (Å²) >= 11 is 3.39. The van der Waals surface area contributed by atoms with Crippen LogP contribution in [0.25, 0.3) is 22.4 Å². The van der Waals surface area contributed by atoms with E-state index in [1.54, 1.807) is 24.3 Å². The van der Waals surface area contributed by atoms with Gasteiger partial charge in [-0.15, -0.1) is 0 Å². The number of nitrogens with zero attached hydrogens (tertiary/aromatic N) is 2. The minimum absolute atomic E-state index is 0.131. The number of phenols is 1. The molecule has 108 valence electrons. The lowest BCUT2D eigenvalue weighted by atomic mass is 10.2. The zero-order chi connectivity index (χ0) is 15.0. The molecule has 3 nitrogen and oxygen atoms in total. The maximum absolute atomic E-state index is 14.0. The zero-order valence-electron chi connectivity index (χ0n) is 11.5. The normalized spacial score (nSPS) is 11.2. The predicted molar refractivity (Wildman–Crippen MR) is 84.8 cm³/mol. The second-order valence-electron chi connectivity index (χ2n) is 4.86. The molecule has 0 aliphatic heterocycles. The van der Waals surface area contributed by atoms with E-state index in [1.807, 2.05) is 10.6 Å². The fraction of sp³-hybridized carbons (Fsp3) is 0.188. The van der Waals surface area contributed by atoms with Crippen LogP contribution in [0.15, 0.2) is 40.9 Å². The molecular weight excluding hydrogens is 335 g/mol. The van der Waals surface area contributed by atoms with Crippen LogP contribution in [0, 0.1) is 5.82 Å². The Labute approximate surface area is 130 Å². The van der Waals surface area contributed by atoms with Crippen molar-refractivity contribution in [1.82, 2.24) is 9.55 Å². The molecule has 0 saturated heterocycles. The van der Waals surface area contributed by atoms with Crippen LogP contribution in [0.4, 0.5) is 4.39 Å². The monoisotopic (exact) mass is 348 g/mol. The lowest BCUT2D eigenvalue weighted by Crippen LogP contribution is -2.00. The van der Waals surface area contributed by atoms with Crippen LogP contribution in [0.2, 0.25) is 0 Å². The van der Waals surface area contributed by atoms with Gasteiger partial charge in [0.05, 0.1) is 11.1 Å². The van der Waals surface area contributed by atoms with Crippen LogP contribution in [-0.2, 0) is 6.54 Å². The van der Waals surface area contributed by atoms with Crippen LogP contribution in [0.1, 0.15) is 13.3 Å². The Morgan fingerprint density at radius 2 is 2.10 bits per heavy atom. The van der Waals surface area contributed by atoms with Gasteiger partial charge in [-0.05, 0) is 36.8 Å². The van der Waals surface area contributed by atoms with Crippen molar-refractivity contribution >= 4 is 27.0 Å². The third kappa shape index (κ3) is 2.42. The summed E-state index contributed by atoms with van der Waals surface area (Å²) in [5.41, 5.74) is 1.67. The van der Waals surface area contributed by atoms with E-state index in [9.17, 15) is 9.50 Å². The predicted octanol–water partition coefficient (Wildman–Crippen LogP) is 4.72. The van der Waals surface area contributed by atoms with Gasteiger partial charge in [0.15, 0.2) is 5.82 Å². The molecule has 0 unspecified atom stereocenters. The van der Waals surface area contributed by atoms with Crippen molar-refractivity contribution in [3.8, 4) is 17.1 Å². The highest BCUT2D eigenvalue weighted by Crippen LogP contribution is 2.34. The van der Waals surface area contributed by atoms with E-state index in [0.717, 1.165) is 16.4 Å². The molecule has 1 heterocycles. The number of aryl methyl sites for hydroxylation is 1. The van der Waals surface area contributed by atoms with Gasteiger partial charge in [-0.1, -0.05) is 28.9 Å². The molecule has 0 saturated carbocycles. The van der Waals surface area contributed by atoms with Crippen molar-refractivity contribution < 1.29 is 9.50 Å². The third-order valence-electron chi connectivity index (χ3n) is 3.38. The average Bonchev–Trinajstić information content (AvgIpc) is 2.82. The standard InChI is InChI=1S/C16H14BrFN2O/c1-2-8-20-13-5-3-4-12(18)15(13)19-16(20)11-9-10(17)6-7-14(11)21/h3-7,9,21H,2,8H2,1H3. The molecule has 1 aromatic heterocycles. The average molecular weight is 349 g/mol. The van der Waals surface area contributed by atoms with Gasteiger partial charge in [-0.25, -0.2) is 9.37 Å². The van der Waals surface area contributed by atoms with Crippen LogP contribution in [0.3, 0.4) is 0 Å². The van der Waals surface area contributed by atoms with Crippen LogP contribution in [0.5, 0.6) is 5.75 Å². The minimum Gasteiger partial charge on any atom is -0.507 e. The number of para-hydroxylation sites is 1. The number of hydrogen-bond donors (Lipinski definition) is 1. The van der Waals surface area contributed by atoms with Crippen molar-refractivity contribution in [2.75, 3.05) is 0 Å². The Bertz CT molecular complexity index is 813. The highest BCUT2D eigenvalue weighted by atomic mass is 79.9. The molecule has 2 aromatic carbocycles. The van der Waals surface area contributed by atoms with Crippen molar-refractivity contribution in [2.24, 2.45) is 0 Å². The van der Waals surface area contributed by atoms with E-state index in [2.05, 4.69) is 27.8 Å². The van der Waals surface area contributed by atoms with Gasteiger partial charge in [0, 0.05) is 11.0 Å². The summed E-state index contributed by atoms with van der Waals surface area (Å²) in [5, 5.41) is 10.1. The Morgan fingerprint density at radius 1 is 1.29 bits per heavy atom. The quantitative estimate of drug-likeness (QED) is 0.743. The van der Waals surface area contributed by atoms with Crippen LogP contribution in [-0.4, -0.2) is 14.7 Å². The zero-order valence-corrected chi connectivity index (χ0v) is 13.1. The number of rotatable bonds is 3. The molecule has 0 fully saturated rings. The van der Waals surface area contributed by atoms with E-state index in [1.165, 1.54) is 6.07 Å². The topological polar surface area (TPSA) is 38.0 Å². The smallest absolute Gasteiger partial charge is 0.151 e. The lowest BCUT2D eigenvalue weighted by Gasteiger charge is -2.09. The fourth-order valence-corrected chi connectivity index (χ4v) is 2.82. The van der Waals surface area contributed by atoms with Crippen LogP contribution < -0.4 is 0 Å². The number of imidazole rings is 1. The van der Waals surface area contributed by atoms with Gasteiger partial charge in [0.25, 0.3) is 0 Å². The molecule has 0 amide bonds. The van der Waals surface area contributed by atoms with E-state index >= 15 is 0 Å². The highest BCUT2D eigenvalue weighted by molar-refractivity contribution is 9.10. The number of fused-ring (bicyclic) bond motifs is 1. The first-order valence-corrected chi connectivity index (χ1v) is 7.54. The first kappa shape index (κ1) is 14.1. The Hall–Kier alpha value is -1.88. The van der Waals surface area contributed by atoms with Gasteiger partial charge < -0.3 is 9.67 Å². The SMILES string of the molecule is CCCn1c(-c2cc(Br)ccc2O)nc2c(F)cccc21. The molecule has 0 aliphatic rings. The van der Waals surface area contributed by atoms with Crippen molar-refractivity contribution in [1.29, 1.82) is 0 Å². The minimum atomic E-state index is -0.349. The molecule has 0 bridgehead atoms. The molecule has 3 aromatic rings. The maximum Gasteiger partial charge on any atom is 0.151 e. The van der Waals surface area contributed by atoms with E-state index in [-0.39, 0.29) is 11.6 Å². The van der Waals surface area contributed by atoms with Crippen molar-refractivity contribution in [3.05, 3.63) is 46.7 Å². The summed E-state index contributed by atoms with van der Waals surface area (Å²) in [5.74, 6) is 0.361. The first-order chi connectivity index (χ1) is 10.1. The number of phenolic OH excluding ortho intramolecular Hbond substituents is 1. The van der Waals surface area contributed by atoms with Gasteiger partial charge in [-0.2, -0.15) is 0 Å². The second kappa shape index (κ2) is 5.48. The van der Waals surface area contributed by atoms with Gasteiger partial charge in [0.2, 0.25) is 0 Å². The van der Waals surface area contributed by atoms with Crippen molar-refractivity contribution in [3.63, 3.8) is 0 Å². The molecule has 21 heavy (non-hydrogen) atoms. The number of hydrogen-bond acceptors (Lipinski definition) is 2. The summed E-state index contributed by atoms with van der Waals surface area (Å²) in [4.78, 5) is 4.41. The number of aromatic hydroxyl groups is 1. The number of halogens is 2. The van der Waals surface area contributed by atoms with E-state index in [4.69, 9.17) is 0 Å². The fourth-order valence-electron chi connectivity index (χ4n) is 2.46. The number of aromatic nitrogens is 2. The molecule has 0 spiro atoms.